The zero-order valence-electron chi connectivity index (χ0n) is 17.0. The number of benzene rings is 2. The molecule has 2 heterocycles. The molecular weight excluding hydrogens is 480 g/mol. The summed E-state index contributed by atoms with van der Waals surface area (Å²) in [5.74, 6) is 0.0506. The first kappa shape index (κ1) is 21.4. The van der Waals surface area contributed by atoms with Crippen LogP contribution in [0.5, 0.6) is 5.75 Å². The number of carbonyl (C=O) groups excluding carboxylic acids is 1. The highest BCUT2D eigenvalue weighted by Gasteiger charge is 2.16. The summed E-state index contributed by atoms with van der Waals surface area (Å²) in [4.78, 5) is 23.5. The van der Waals surface area contributed by atoms with Crippen molar-refractivity contribution in [2.75, 3.05) is 7.11 Å². The predicted octanol–water partition coefficient (Wildman–Crippen LogP) is 5.23. The molecule has 4 rings (SSSR count). The highest BCUT2D eigenvalue weighted by molar-refractivity contribution is 9.10. The molecular formula is C23H17BrN2O6. The zero-order chi connectivity index (χ0) is 22.8. The summed E-state index contributed by atoms with van der Waals surface area (Å²) < 4.78 is 17.4. The fourth-order valence-electron chi connectivity index (χ4n) is 3.20. The largest absolute Gasteiger partial charge is 0.493 e. The maximum atomic E-state index is 12.4. The van der Waals surface area contributed by atoms with Gasteiger partial charge in [0.05, 0.1) is 18.9 Å². The van der Waals surface area contributed by atoms with E-state index < -0.39 is 11.9 Å². The van der Waals surface area contributed by atoms with Gasteiger partial charge in [-0.3, -0.25) is 4.79 Å². The van der Waals surface area contributed by atoms with Gasteiger partial charge in [-0.25, -0.2) is 10.2 Å². The molecule has 4 aromatic rings. The number of furan rings is 2. The van der Waals surface area contributed by atoms with Crippen molar-refractivity contribution in [1.82, 2.24) is 5.43 Å². The summed E-state index contributed by atoms with van der Waals surface area (Å²) >= 11 is 3.39. The van der Waals surface area contributed by atoms with Crippen LogP contribution in [0.3, 0.4) is 0 Å². The predicted molar refractivity (Wildman–Crippen MR) is 121 cm³/mol. The van der Waals surface area contributed by atoms with Crippen molar-refractivity contribution >= 4 is 45.0 Å². The Morgan fingerprint density at radius 1 is 1.12 bits per heavy atom. The number of hydrogen-bond acceptors (Lipinski definition) is 6. The van der Waals surface area contributed by atoms with Crippen LogP contribution in [-0.4, -0.2) is 30.3 Å². The molecule has 0 saturated carbocycles. The summed E-state index contributed by atoms with van der Waals surface area (Å²) in [5, 5.41) is 13.7. The summed E-state index contributed by atoms with van der Waals surface area (Å²) in [7, 11) is 1.52. The number of carboxylic acid groups (broad SMARTS) is 1. The molecule has 1 amide bonds. The Morgan fingerprint density at radius 2 is 1.94 bits per heavy atom. The van der Waals surface area contributed by atoms with E-state index in [2.05, 4.69) is 26.5 Å². The van der Waals surface area contributed by atoms with Crippen LogP contribution < -0.4 is 10.2 Å². The minimum atomic E-state index is -0.988. The van der Waals surface area contributed by atoms with Crippen molar-refractivity contribution in [1.29, 1.82) is 0 Å². The van der Waals surface area contributed by atoms with Gasteiger partial charge in [-0.05, 0) is 55.0 Å². The molecule has 0 aliphatic carbocycles. The first-order valence-corrected chi connectivity index (χ1v) is 10.2. The number of nitrogens with one attached hydrogen (secondary N) is 1. The Hall–Kier alpha value is -3.85. The van der Waals surface area contributed by atoms with Gasteiger partial charge in [0.25, 0.3) is 0 Å². The molecule has 2 aromatic carbocycles. The lowest BCUT2D eigenvalue weighted by molar-refractivity contribution is 0.0696. The first-order valence-electron chi connectivity index (χ1n) is 9.40. The Morgan fingerprint density at radius 3 is 2.66 bits per heavy atom. The van der Waals surface area contributed by atoms with Gasteiger partial charge in [0.2, 0.25) is 0 Å². The van der Waals surface area contributed by atoms with Crippen molar-refractivity contribution in [3.05, 3.63) is 75.7 Å². The lowest BCUT2D eigenvalue weighted by Gasteiger charge is -2.03. The molecule has 32 heavy (non-hydrogen) atoms. The van der Waals surface area contributed by atoms with E-state index >= 15 is 0 Å². The third-order valence-corrected chi connectivity index (χ3v) is 5.17. The van der Waals surface area contributed by atoms with Gasteiger partial charge in [0, 0.05) is 15.4 Å². The van der Waals surface area contributed by atoms with Gasteiger partial charge in [-0.15, -0.1) is 0 Å². The van der Waals surface area contributed by atoms with E-state index in [1.54, 1.807) is 43.3 Å². The molecule has 0 saturated heterocycles. The molecule has 0 aliphatic rings. The molecule has 0 bridgehead atoms. The van der Waals surface area contributed by atoms with Crippen LogP contribution in [0.1, 0.15) is 32.2 Å². The number of aryl methyl sites for hydroxylation is 1. The number of fused-ring (bicyclic) bond motifs is 1. The van der Waals surface area contributed by atoms with Crippen LogP contribution >= 0.6 is 15.9 Å². The number of aromatic carboxylic acids is 1. The average molecular weight is 497 g/mol. The molecule has 2 aromatic heterocycles. The fourth-order valence-corrected chi connectivity index (χ4v) is 3.65. The third-order valence-electron chi connectivity index (χ3n) is 4.71. The molecule has 9 heteroatoms. The van der Waals surface area contributed by atoms with Gasteiger partial charge in [-0.2, -0.15) is 5.10 Å². The number of nitrogens with zero attached hydrogens (tertiary/aromatic N) is 1. The number of carbonyl (C=O) groups is 2. The minimum absolute atomic E-state index is 0.0860. The molecule has 0 aliphatic heterocycles. The van der Waals surface area contributed by atoms with Gasteiger partial charge >= 0.3 is 11.9 Å². The zero-order valence-corrected chi connectivity index (χ0v) is 18.6. The van der Waals surface area contributed by atoms with Crippen LogP contribution in [0.2, 0.25) is 0 Å². The van der Waals surface area contributed by atoms with E-state index in [0.29, 0.717) is 28.2 Å². The summed E-state index contributed by atoms with van der Waals surface area (Å²) in [6, 6.07) is 13.4. The third kappa shape index (κ3) is 4.28. The summed E-state index contributed by atoms with van der Waals surface area (Å²) in [6.07, 6.45) is 1.36. The fraction of sp³-hybridized carbons (Fsp3) is 0.0870. The number of carboxylic acids is 1. The molecule has 162 valence electrons. The number of methoxy groups -OCH3 is 1. The number of ether oxygens (including phenoxy) is 1. The van der Waals surface area contributed by atoms with Crippen LogP contribution in [0.25, 0.3) is 22.3 Å². The normalized spacial score (nSPS) is 11.2. The Kier molecular flexibility index (Phi) is 5.83. The summed E-state index contributed by atoms with van der Waals surface area (Å²) in [5.41, 5.74) is 4.60. The quantitative estimate of drug-likeness (QED) is 0.278. The molecule has 0 fully saturated rings. The second-order valence-corrected chi connectivity index (χ2v) is 7.79. The van der Waals surface area contributed by atoms with Gasteiger partial charge < -0.3 is 18.7 Å². The van der Waals surface area contributed by atoms with Crippen molar-refractivity contribution in [3.63, 3.8) is 0 Å². The maximum absolute atomic E-state index is 12.4. The molecule has 0 radical (unpaired) electrons. The van der Waals surface area contributed by atoms with E-state index in [9.17, 15) is 9.59 Å². The van der Waals surface area contributed by atoms with Gasteiger partial charge in [-0.1, -0.05) is 22.0 Å². The van der Waals surface area contributed by atoms with E-state index in [1.165, 1.54) is 19.4 Å². The number of halogens is 1. The Balaban J connectivity index is 1.47. The molecule has 0 spiro atoms. The average Bonchev–Trinajstić information content (AvgIpc) is 3.40. The molecule has 8 nitrogen and oxygen atoms in total. The Labute approximate surface area is 190 Å². The lowest BCUT2D eigenvalue weighted by Crippen LogP contribution is -2.16. The van der Waals surface area contributed by atoms with Gasteiger partial charge in [0.1, 0.15) is 11.5 Å². The lowest BCUT2D eigenvalue weighted by atomic mass is 10.0. The standard InChI is InChI=1S/C23H17BrN2O6/c1-12-7-13(23(28)29)3-5-17(12)18-6-4-16(31-18)11-25-26-22(27)20-9-14-8-15(24)10-19(30-2)21(14)32-20/h3-11H,1-2H3,(H,26,27)(H,28,29)/b25-11-. The number of hydrazone groups is 1. The second kappa shape index (κ2) is 8.72. The smallest absolute Gasteiger partial charge is 0.335 e. The summed E-state index contributed by atoms with van der Waals surface area (Å²) in [6.45, 7) is 1.80. The molecule has 2 N–H and O–H groups in total. The van der Waals surface area contributed by atoms with Crippen molar-refractivity contribution < 1.29 is 28.3 Å². The Bertz CT molecular complexity index is 1370. The number of amides is 1. The van der Waals surface area contributed by atoms with Crippen molar-refractivity contribution in [2.24, 2.45) is 5.10 Å². The highest BCUT2D eigenvalue weighted by Crippen LogP contribution is 2.32. The van der Waals surface area contributed by atoms with E-state index in [4.69, 9.17) is 18.7 Å². The van der Waals surface area contributed by atoms with Crippen LogP contribution in [0, 0.1) is 6.92 Å². The topological polar surface area (TPSA) is 114 Å². The monoisotopic (exact) mass is 496 g/mol. The molecule has 0 atom stereocenters. The van der Waals surface area contributed by atoms with Crippen LogP contribution in [0.4, 0.5) is 0 Å². The van der Waals surface area contributed by atoms with Crippen LogP contribution in [0.15, 0.2) is 66.9 Å². The SMILES string of the molecule is COc1cc(Br)cc2cc(C(=O)N/N=C\c3ccc(-c4ccc(C(=O)O)cc4C)o3)oc12. The van der Waals surface area contributed by atoms with Crippen molar-refractivity contribution in [3.8, 4) is 17.1 Å². The second-order valence-electron chi connectivity index (χ2n) is 6.87. The number of hydrogen-bond donors (Lipinski definition) is 2. The van der Waals surface area contributed by atoms with Gasteiger partial charge in [0.15, 0.2) is 17.1 Å². The van der Waals surface area contributed by atoms with E-state index in [0.717, 1.165) is 15.6 Å². The minimum Gasteiger partial charge on any atom is -0.493 e. The van der Waals surface area contributed by atoms with Crippen LogP contribution in [-0.2, 0) is 0 Å². The maximum Gasteiger partial charge on any atom is 0.335 e. The van der Waals surface area contributed by atoms with E-state index in [1.807, 2.05) is 6.07 Å². The van der Waals surface area contributed by atoms with Crippen molar-refractivity contribution in [2.45, 2.75) is 6.92 Å². The molecule has 0 unspecified atom stereocenters. The van der Waals surface area contributed by atoms with E-state index in [-0.39, 0.29) is 11.3 Å². The highest BCUT2D eigenvalue weighted by atomic mass is 79.9. The first-order chi connectivity index (χ1) is 15.4. The number of rotatable bonds is 6.